The van der Waals surface area contributed by atoms with Crippen LogP contribution in [0.25, 0.3) is 0 Å². The molecule has 0 saturated heterocycles. The second-order valence-corrected chi connectivity index (χ2v) is 4.35. The predicted molar refractivity (Wildman–Crippen MR) is 77.6 cm³/mol. The summed E-state index contributed by atoms with van der Waals surface area (Å²) in [6.45, 7) is 2.41. The maximum absolute atomic E-state index is 12.0. The van der Waals surface area contributed by atoms with E-state index < -0.39 is 0 Å². The van der Waals surface area contributed by atoms with Crippen LogP contribution in [-0.4, -0.2) is 31.2 Å². The van der Waals surface area contributed by atoms with Crippen molar-refractivity contribution in [3.8, 4) is 11.5 Å². The third-order valence-electron chi connectivity index (χ3n) is 2.89. The average Bonchev–Trinajstić information content (AvgIpc) is 2.49. The van der Waals surface area contributed by atoms with Gasteiger partial charge in [0.25, 0.3) is 5.91 Å². The van der Waals surface area contributed by atoms with E-state index in [4.69, 9.17) is 9.47 Å². The predicted octanol–water partition coefficient (Wildman–Crippen LogP) is 1.30. The molecule has 0 aromatic heterocycles. The summed E-state index contributed by atoms with van der Waals surface area (Å²) in [7, 11) is 1.53. The van der Waals surface area contributed by atoms with Crippen LogP contribution in [-0.2, 0) is 9.59 Å². The van der Waals surface area contributed by atoms with Crippen LogP contribution in [0.4, 0.5) is 5.69 Å². The van der Waals surface area contributed by atoms with Crippen molar-refractivity contribution >= 4 is 23.2 Å². The van der Waals surface area contributed by atoms with Crippen molar-refractivity contribution in [2.24, 2.45) is 5.10 Å². The van der Waals surface area contributed by atoms with E-state index in [9.17, 15) is 9.59 Å². The zero-order chi connectivity index (χ0) is 15.2. The lowest BCUT2D eigenvalue weighted by Crippen LogP contribution is -2.32. The first-order valence-corrected chi connectivity index (χ1v) is 6.61. The number of hydrazone groups is 1. The number of amides is 2. The first kappa shape index (κ1) is 14.8. The van der Waals surface area contributed by atoms with Gasteiger partial charge in [-0.15, -0.1) is 0 Å². The number of nitrogens with zero attached hydrogens (tertiary/aromatic N) is 1. The van der Waals surface area contributed by atoms with Gasteiger partial charge in [0.2, 0.25) is 5.91 Å². The zero-order valence-electron chi connectivity index (χ0n) is 11.9. The van der Waals surface area contributed by atoms with Crippen LogP contribution in [0.15, 0.2) is 23.3 Å². The van der Waals surface area contributed by atoms with Gasteiger partial charge in [-0.2, -0.15) is 5.10 Å². The molecule has 0 radical (unpaired) electrons. The summed E-state index contributed by atoms with van der Waals surface area (Å²) in [5, 5.41) is 6.46. The number of hydrogen-bond donors (Lipinski definition) is 2. The Balaban J connectivity index is 2.09. The van der Waals surface area contributed by atoms with E-state index in [2.05, 4.69) is 15.8 Å². The summed E-state index contributed by atoms with van der Waals surface area (Å²) < 4.78 is 10.6. The molecule has 0 spiro atoms. The van der Waals surface area contributed by atoms with Crippen LogP contribution >= 0.6 is 0 Å². The minimum absolute atomic E-state index is 0.186. The van der Waals surface area contributed by atoms with Crippen LogP contribution in [0.3, 0.4) is 0 Å². The highest BCUT2D eigenvalue weighted by Gasteiger charge is 2.18. The summed E-state index contributed by atoms with van der Waals surface area (Å²) in [6.07, 6.45) is 0.588. The Bertz CT molecular complexity index is 584. The number of benzene rings is 1. The largest absolute Gasteiger partial charge is 0.493 e. The first-order valence-electron chi connectivity index (χ1n) is 6.61. The van der Waals surface area contributed by atoms with Crippen molar-refractivity contribution < 1.29 is 19.1 Å². The van der Waals surface area contributed by atoms with Crippen LogP contribution in [0.1, 0.15) is 19.8 Å². The topological polar surface area (TPSA) is 89.0 Å². The molecule has 7 nitrogen and oxygen atoms in total. The van der Waals surface area contributed by atoms with Gasteiger partial charge in [0.15, 0.2) is 11.5 Å². The molecule has 0 aliphatic carbocycles. The molecule has 1 aromatic rings. The molecule has 1 aliphatic heterocycles. The van der Waals surface area contributed by atoms with Gasteiger partial charge >= 0.3 is 0 Å². The van der Waals surface area contributed by atoms with Gasteiger partial charge in [-0.25, -0.2) is 5.43 Å². The number of hydrogen-bond acceptors (Lipinski definition) is 5. The Hall–Kier alpha value is -2.57. The molecule has 2 amide bonds. The molecule has 1 heterocycles. The molecule has 2 rings (SSSR count). The van der Waals surface area contributed by atoms with Gasteiger partial charge in [-0.3, -0.25) is 9.59 Å². The number of nitrogens with one attached hydrogen (secondary N) is 2. The number of carbonyl (C=O) groups is 2. The standard InChI is InChI=1S/C14H17N3O4/c1-3-21-11-6-4-9(8-12(11)20-2)15-14(19)10-5-7-13(18)17-16-10/h4,6,8H,3,5,7H2,1-2H3,(H,15,19)(H,17,18). The second kappa shape index (κ2) is 6.74. The quantitative estimate of drug-likeness (QED) is 0.855. The SMILES string of the molecule is CCOc1ccc(NC(=O)C2=NNC(=O)CC2)cc1OC. The highest BCUT2D eigenvalue weighted by molar-refractivity contribution is 6.43. The van der Waals surface area contributed by atoms with Crippen molar-refractivity contribution in [3.05, 3.63) is 18.2 Å². The molecule has 2 N–H and O–H groups in total. The third-order valence-corrected chi connectivity index (χ3v) is 2.89. The Labute approximate surface area is 122 Å². The monoisotopic (exact) mass is 291 g/mol. The van der Waals surface area contributed by atoms with Gasteiger partial charge in [-0.1, -0.05) is 0 Å². The second-order valence-electron chi connectivity index (χ2n) is 4.35. The maximum Gasteiger partial charge on any atom is 0.271 e. The van der Waals surface area contributed by atoms with Crippen molar-refractivity contribution in [1.29, 1.82) is 0 Å². The Kier molecular flexibility index (Phi) is 4.76. The molecular weight excluding hydrogens is 274 g/mol. The minimum Gasteiger partial charge on any atom is -0.493 e. The lowest BCUT2D eigenvalue weighted by molar-refractivity contribution is -0.121. The molecule has 0 fully saturated rings. The van der Waals surface area contributed by atoms with E-state index in [1.807, 2.05) is 6.92 Å². The number of anilines is 1. The van der Waals surface area contributed by atoms with E-state index in [1.165, 1.54) is 7.11 Å². The normalized spacial score (nSPS) is 14.0. The maximum atomic E-state index is 12.0. The summed E-state index contributed by atoms with van der Waals surface area (Å²) in [5.41, 5.74) is 3.15. The van der Waals surface area contributed by atoms with Gasteiger partial charge in [0.05, 0.1) is 13.7 Å². The van der Waals surface area contributed by atoms with Crippen LogP contribution in [0.2, 0.25) is 0 Å². The molecular formula is C14H17N3O4. The fourth-order valence-electron chi connectivity index (χ4n) is 1.86. The van der Waals surface area contributed by atoms with Gasteiger partial charge in [-0.05, 0) is 19.1 Å². The van der Waals surface area contributed by atoms with Gasteiger partial charge in [0.1, 0.15) is 5.71 Å². The van der Waals surface area contributed by atoms with Crippen molar-refractivity contribution in [1.82, 2.24) is 5.43 Å². The zero-order valence-corrected chi connectivity index (χ0v) is 11.9. The van der Waals surface area contributed by atoms with Gasteiger partial charge < -0.3 is 14.8 Å². The fraction of sp³-hybridized carbons (Fsp3) is 0.357. The van der Waals surface area contributed by atoms with E-state index in [1.54, 1.807) is 18.2 Å². The molecule has 1 aromatic carbocycles. The summed E-state index contributed by atoms with van der Waals surface area (Å²) in [6, 6.07) is 5.11. The number of ether oxygens (including phenoxy) is 2. The van der Waals surface area contributed by atoms with Crippen molar-refractivity contribution in [3.63, 3.8) is 0 Å². The molecule has 1 aliphatic rings. The van der Waals surface area contributed by atoms with E-state index in [-0.39, 0.29) is 18.2 Å². The highest BCUT2D eigenvalue weighted by Crippen LogP contribution is 2.30. The Morgan fingerprint density at radius 3 is 2.81 bits per heavy atom. The van der Waals surface area contributed by atoms with E-state index in [0.717, 1.165) is 0 Å². The minimum atomic E-state index is -0.346. The first-order chi connectivity index (χ1) is 10.1. The average molecular weight is 291 g/mol. The molecule has 7 heteroatoms. The number of carbonyl (C=O) groups excluding carboxylic acids is 2. The summed E-state index contributed by atoms with van der Waals surface area (Å²) in [5.74, 6) is 0.615. The van der Waals surface area contributed by atoms with Crippen molar-refractivity contribution in [2.45, 2.75) is 19.8 Å². The fourth-order valence-corrected chi connectivity index (χ4v) is 1.86. The summed E-state index contributed by atoms with van der Waals surface area (Å²) in [4.78, 5) is 23.0. The number of rotatable bonds is 5. The van der Waals surface area contributed by atoms with Crippen LogP contribution in [0.5, 0.6) is 11.5 Å². The van der Waals surface area contributed by atoms with Crippen LogP contribution in [0, 0.1) is 0 Å². The molecule has 112 valence electrons. The summed E-state index contributed by atoms with van der Waals surface area (Å²) >= 11 is 0. The molecule has 0 atom stereocenters. The lowest BCUT2D eigenvalue weighted by atomic mass is 10.1. The molecule has 0 saturated carbocycles. The Morgan fingerprint density at radius 1 is 1.38 bits per heavy atom. The molecule has 0 unspecified atom stereocenters. The lowest BCUT2D eigenvalue weighted by Gasteiger charge is -2.14. The van der Waals surface area contributed by atoms with E-state index in [0.29, 0.717) is 35.9 Å². The number of methoxy groups -OCH3 is 1. The smallest absolute Gasteiger partial charge is 0.271 e. The third kappa shape index (κ3) is 3.71. The molecule has 21 heavy (non-hydrogen) atoms. The molecule has 0 bridgehead atoms. The van der Waals surface area contributed by atoms with Crippen molar-refractivity contribution in [2.75, 3.05) is 19.0 Å². The van der Waals surface area contributed by atoms with Crippen LogP contribution < -0.4 is 20.2 Å². The van der Waals surface area contributed by atoms with E-state index >= 15 is 0 Å². The Morgan fingerprint density at radius 2 is 2.19 bits per heavy atom. The van der Waals surface area contributed by atoms with Gasteiger partial charge in [0, 0.05) is 24.6 Å². The highest BCUT2D eigenvalue weighted by atomic mass is 16.5.